The number of carboxylic acids is 1. The molecule has 0 radical (unpaired) electrons. The van der Waals surface area contributed by atoms with Crippen LogP contribution in [0.25, 0.3) is 0 Å². The molecule has 2 rings (SSSR count). The highest BCUT2D eigenvalue weighted by molar-refractivity contribution is 8.00. The maximum Gasteiger partial charge on any atom is 0.336 e. The highest BCUT2D eigenvalue weighted by Crippen LogP contribution is 2.37. The van der Waals surface area contributed by atoms with Gasteiger partial charge in [0.05, 0.1) is 10.5 Å². The largest absolute Gasteiger partial charge is 0.478 e. The molecule has 5 nitrogen and oxygen atoms in total. The first-order valence-electron chi connectivity index (χ1n) is 5.76. The molecule has 18 heavy (non-hydrogen) atoms. The van der Waals surface area contributed by atoms with Crippen LogP contribution in [0, 0.1) is 10.1 Å². The van der Waals surface area contributed by atoms with E-state index in [1.54, 1.807) is 0 Å². The minimum Gasteiger partial charge on any atom is -0.478 e. The molecule has 0 unspecified atom stereocenters. The van der Waals surface area contributed by atoms with Gasteiger partial charge in [0.25, 0.3) is 5.69 Å². The molecule has 96 valence electrons. The maximum absolute atomic E-state index is 11.1. The topological polar surface area (TPSA) is 80.4 Å². The molecule has 0 spiro atoms. The van der Waals surface area contributed by atoms with Crippen molar-refractivity contribution in [2.24, 2.45) is 0 Å². The predicted molar refractivity (Wildman–Crippen MR) is 68.2 cm³/mol. The Morgan fingerprint density at radius 1 is 1.39 bits per heavy atom. The summed E-state index contributed by atoms with van der Waals surface area (Å²) in [7, 11) is 0. The van der Waals surface area contributed by atoms with Crippen molar-refractivity contribution >= 4 is 23.4 Å². The maximum atomic E-state index is 11.1. The number of nitrogens with zero attached hydrogens (tertiary/aromatic N) is 1. The van der Waals surface area contributed by atoms with Crippen LogP contribution in [0.4, 0.5) is 5.69 Å². The van der Waals surface area contributed by atoms with Crippen molar-refractivity contribution in [3.05, 3.63) is 33.9 Å². The first-order chi connectivity index (χ1) is 8.58. The van der Waals surface area contributed by atoms with Crippen LogP contribution in [0.5, 0.6) is 0 Å². The van der Waals surface area contributed by atoms with Gasteiger partial charge in [-0.1, -0.05) is 12.8 Å². The number of non-ortho nitro benzene ring substituents is 1. The monoisotopic (exact) mass is 267 g/mol. The van der Waals surface area contributed by atoms with Crippen LogP contribution in [-0.2, 0) is 0 Å². The summed E-state index contributed by atoms with van der Waals surface area (Å²) >= 11 is 1.45. The van der Waals surface area contributed by atoms with Gasteiger partial charge in [0.1, 0.15) is 0 Å². The number of rotatable bonds is 4. The van der Waals surface area contributed by atoms with Crippen molar-refractivity contribution in [3.63, 3.8) is 0 Å². The summed E-state index contributed by atoms with van der Waals surface area (Å²) in [5.41, 5.74) is 0.0954. The molecular formula is C12H13NO4S. The lowest BCUT2D eigenvalue weighted by Gasteiger charge is -2.10. The summed E-state index contributed by atoms with van der Waals surface area (Å²) in [5.74, 6) is -1.04. The van der Waals surface area contributed by atoms with Crippen LogP contribution < -0.4 is 0 Å². The van der Waals surface area contributed by atoms with Crippen LogP contribution in [0.2, 0.25) is 0 Å². The fourth-order valence-electron chi connectivity index (χ4n) is 2.08. The summed E-state index contributed by atoms with van der Waals surface area (Å²) < 4.78 is 0. The highest BCUT2D eigenvalue weighted by Gasteiger charge is 2.21. The fourth-order valence-corrected chi connectivity index (χ4v) is 3.48. The molecular weight excluding hydrogens is 254 g/mol. The molecule has 6 heteroatoms. The molecule has 1 aliphatic rings. The van der Waals surface area contributed by atoms with Gasteiger partial charge in [-0.05, 0) is 18.9 Å². The van der Waals surface area contributed by atoms with Crippen LogP contribution in [0.3, 0.4) is 0 Å². The predicted octanol–water partition coefficient (Wildman–Crippen LogP) is 3.33. The lowest BCUT2D eigenvalue weighted by molar-refractivity contribution is -0.385. The standard InChI is InChI=1S/C12H13NO4S/c14-12(15)10-6-5-8(13(16)17)7-11(10)18-9-3-1-2-4-9/h5-7,9H,1-4H2,(H,14,15). The molecule has 1 aromatic rings. The Hall–Kier alpha value is -1.56. The molecule has 1 aliphatic carbocycles. The SMILES string of the molecule is O=C(O)c1ccc([N+](=O)[O-])cc1SC1CCCC1. The van der Waals surface area contributed by atoms with Crippen LogP contribution >= 0.6 is 11.8 Å². The molecule has 1 N–H and O–H groups in total. The van der Waals surface area contributed by atoms with Crippen LogP contribution in [-0.4, -0.2) is 21.2 Å². The van der Waals surface area contributed by atoms with E-state index in [0.29, 0.717) is 10.1 Å². The zero-order valence-electron chi connectivity index (χ0n) is 9.67. The lowest BCUT2D eigenvalue weighted by atomic mass is 10.2. The van der Waals surface area contributed by atoms with E-state index in [2.05, 4.69) is 0 Å². The van der Waals surface area contributed by atoms with Gasteiger partial charge >= 0.3 is 5.97 Å². The average molecular weight is 267 g/mol. The first kappa shape index (κ1) is 12.9. The average Bonchev–Trinajstić information content (AvgIpc) is 2.81. The lowest BCUT2D eigenvalue weighted by Crippen LogP contribution is -2.03. The van der Waals surface area contributed by atoms with Gasteiger partial charge in [0.15, 0.2) is 0 Å². The van der Waals surface area contributed by atoms with Crippen molar-refractivity contribution in [3.8, 4) is 0 Å². The number of benzene rings is 1. The van der Waals surface area contributed by atoms with Gasteiger partial charge in [0, 0.05) is 22.3 Å². The number of carbonyl (C=O) groups is 1. The van der Waals surface area contributed by atoms with E-state index in [1.165, 1.54) is 30.0 Å². The number of nitro benzene ring substituents is 1. The van der Waals surface area contributed by atoms with E-state index < -0.39 is 10.9 Å². The molecule has 0 aromatic heterocycles. The fraction of sp³-hybridized carbons (Fsp3) is 0.417. The Morgan fingerprint density at radius 2 is 2.06 bits per heavy atom. The second kappa shape index (κ2) is 5.39. The second-order valence-electron chi connectivity index (χ2n) is 4.27. The Balaban J connectivity index is 2.30. The summed E-state index contributed by atoms with van der Waals surface area (Å²) in [6, 6.07) is 3.92. The molecule has 1 fully saturated rings. The van der Waals surface area contributed by atoms with Crippen molar-refractivity contribution in [2.45, 2.75) is 35.8 Å². The number of hydrogen-bond acceptors (Lipinski definition) is 4. The van der Waals surface area contributed by atoms with E-state index >= 15 is 0 Å². The van der Waals surface area contributed by atoms with E-state index in [9.17, 15) is 14.9 Å². The zero-order valence-corrected chi connectivity index (χ0v) is 10.5. The molecule has 1 aromatic carbocycles. The number of thioether (sulfide) groups is 1. The summed E-state index contributed by atoms with van der Waals surface area (Å²) in [4.78, 5) is 21.8. The molecule has 0 saturated heterocycles. The molecule has 0 atom stereocenters. The van der Waals surface area contributed by atoms with Crippen molar-refractivity contribution in [1.29, 1.82) is 0 Å². The van der Waals surface area contributed by atoms with Crippen LogP contribution in [0.15, 0.2) is 23.1 Å². The quantitative estimate of drug-likeness (QED) is 0.668. The molecule has 0 heterocycles. The Bertz CT molecular complexity index is 483. The van der Waals surface area contributed by atoms with E-state index in [4.69, 9.17) is 5.11 Å². The van der Waals surface area contributed by atoms with Crippen molar-refractivity contribution < 1.29 is 14.8 Å². The molecule has 1 saturated carbocycles. The Morgan fingerprint density at radius 3 is 2.61 bits per heavy atom. The highest BCUT2D eigenvalue weighted by atomic mass is 32.2. The van der Waals surface area contributed by atoms with Gasteiger partial charge in [-0.25, -0.2) is 4.79 Å². The van der Waals surface area contributed by atoms with Gasteiger partial charge in [-0.15, -0.1) is 11.8 Å². The third kappa shape index (κ3) is 2.81. The third-order valence-electron chi connectivity index (χ3n) is 3.00. The third-order valence-corrected chi connectivity index (χ3v) is 4.40. The minimum atomic E-state index is -1.04. The summed E-state index contributed by atoms with van der Waals surface area (Å²) in [6.45, 7) is 0. The molecule has 0 amide bonds. The summed E-state index contributed by atoms with van der Waals surface area (Å²) in [5, 5.41) is 20.2. The number of nitro groups is 1. The van der Waals surface area contributed by atoms with Crippen LogP contribution in [0.1, 0.15) is 36.0 Å². The van der Waals surface area contributed by atoms with Crippen molar-refractivity contribution in [2.75, 3.05) is 0 Å². The number of aromatic carboxylic acids is 1. The summed E-state index contributed by atoms with van der Waals surface area (Å²) in [6.07, 6.45) is 4.39. The van der Waals surface area contributed by atoms with E-state index in [-0.39, 0.29) is 11.3 Å². The van der Waals surface area contributed by atoms with Gasteiger partial charge in [0.2, 0.25) is 0 Å². The number of carboxylic acid groups (broad SMARTS) is 1. The van der Waals surface area contributed by atoms with Crippen molar-refractivity contribution in [1.82, 2.24) is 0 Å². The van der Waals surface area contributed by atoms with Gasteiger partial charge in [-0.3, -0.25) is 10.1 Å². The van der Waals surface area contributed by atoms with Gasteiger partial charge < -0.3 is 5.11 Å². The van der Waals surface area contributed by atoms with Gasteiger partial charge in [-0.2, -0.15) is 0 Å². The molecule has 0 bridgehead atoms. The smallest absolute Gasteiger partial charge is 0.336 e. The second-order valence-corrected chi connectivity index (χ2v) is 5.61. The normalized spacial score (nSPS) is 15.8. The Labute approximate surface area is 108 Å². The zero-order chi connectivity index (χ0) is 13.1. The van der Waals surface area contributed by atoms with E-state index in [1.807, 2.05) is 0 Å². The first-order valence-corrected chi connectivity index (χ1v) is 6.64. The molecule has 0 aliphatic heterocycles. The van der Waals surface area contributed by atoms with E-state index in [0.717, 1.165) is 25.7 Å². The number of hydrogen-bond donors (Lipinski definition) is 1. The minimum absolute atomic E-state index is 0.0551. The Kier molecular flexibility index (Phi) is 3.86.